The minimum atomic E-state index is -0.729. The highest BCUT2D eigenvalue weighted by atomic mass is 28.3. The molecule has 0 spiro atoms. The summed E-state index contributed by atoms with van der Waals surface area (Å²) < 4.78 is 0. The molecule has 107 valence electrons. The lowest BCUT2D eigenvalue weighted by molar-refractivity contribution is 1.07. The van der Waals surface area contributed by atoms with Crippen LogP contribution in [0.5, 0.6) is 0 Å². The first kappa shape index (κ1) is 14.3. The fourth-order valence-corrected chi connectivity index (χ4v) is 7.32. The molecule has 0 amide bonds. The first-order chi connectivity index (χ1) is 10.1. The van der Waals surface area contributed by atoms with Gasteiger partial charge in [-0.3, -0.25) is 0 Å². The monoisotopic (exact) mass is 291 g/mol. The minimum Gasteiger partial charge on any atom is -0.0802 e. The topological polar surface area (TPSA) is 0 Å². The van der Waals surface area contributed by atoms with Crippen molar-refractivity contribution in [2.24, 2.45) is 0 Å². The van der Waals surface area contributed by atoms with Crippen molar-refractivity contribution in [3.8, 4) is 0 Å². The third kappa shape index (κ3) is 2.40. The van der Waals surface area contributed by atoms with E-state index in [1.165, 1.54) is 11.1 Å². The van der Waals surface area contributed by atoms with Crippen molar-refractivity contribution in [3.05, 3.63) is 76.9 Å². The van der Waals surface area contributed by atoms with Crippen LogP contribution in [-0.2, 0) is 0 Å². The van der Waals surface area contributed by atoms with Gasteiger partial charge in [0.2, 0.25) is 0 Å². The van der Waals surface area contributed by atoms with Crippen LogP contribution in [0.15, 0.2) is 76.9 Å². The van der Waals surface area contributed by atoms with Gasteiger partial charge in [-0.1, -0.05) is 71.0 Å². The average Bonchev–Trinajstić information content (AvgIpc) is 3.09. The highest BCUT2D eigenvalue weighted by molar-refractivity contribution is 6.78. The van der Waals surface area contributed by atoms with Gasteiger partial charge in [0.25, 0.3) is 0 Å². The predicted molar refractivity (Wildman–Crippen MR) is 94.4 cm³/mol. The smallest absolute Gasteiger partial charge is 0.0802 e. The summed E-state index contributed by atoms with van der Waals surface area (Å²) in [6, 6.07) is 11.2. The second kappa shape index (κ2) is 5.65. The summed E-state index contributed by atoms with van der Waals surface area (Å²) in [7, 11) is -0.729. The highest BCUT2D eigenvalue weighted by Gasteiger charge is 2.37. The van der Waals surface area contributed by atoms with E-state index in [1.807, 2.05) is 0 Å². The van der Waals surface area contributed by atoms with E-state index in [2.05, 4.69) is 82.3 Å². The summed E-state index contributed by atoms with van der Waals surface area (Å²) in [5, 5.41) is 1.55. The number of allylic oxidation sites excluding steroid dienone is 8. The summed E-state index contributed by atoms with van der Waals surface area (Å²) in [6.45, 7) is 9.27. The third-order valence-corrected chi connectivity index (χ3v) is 8.73. The van der Waals surface area contributed by atoms with Crippen LogP contribution in [0.25, 0.3) is 0 Å². The van der Waals surface area contributed by atoms with Gasteiger partial charge in [0.05, 0.1) is 0 Å². The van der Waals surface area contributed by atoms with Gasteiger partial charge in [-0.2, -0.15) is 0 Å². The van der Waals surface area contributed by atoms with Crippen LogP contribution in [-0.4, -0.2) is 8.80 Å². The Labute approximate surface area is 130 Å². The van der Waals surface area contributed by atoms with Gasteiger partial charge >= 0.3 is 0 Å². The molecule has 3 rings (SSSR count). The van der Waals surface area contributed by atoms with Crippen LogP contribution in [0.1, 0.15) is 27.7 Å². The Kier molecular flexibility index (Phi) is 3.86. The lowest BCUT2D eigenvalue weighted by Crippen LogP contribution is -2.38. The molecular formula is C20H23Si. The molecule has 0 heterocycles. The molecule has 0 unspecified atom stereocenters. The van der Waals surface area contributed by atoms with Crippen LogP contribution in [0.3, 0.4) is 0 Å². The molecular weight excluding hydrogens is 268 g/mol. The molecule has 1 aromatic rings. The summed E-state index contributed by atoms with van der Waals surface area (Å²) in [6.07, 6.45) is 9.21. The van der Waals surface area contributed by atoms with Crippen LogP contribution in [0.4, 0.5) is 0 Å². The van der Waals surface area contributed by atoms with Crippen molar-refractivity contribution in [1.82, 2.24) is 0 Å². The van der Waals surface area contributed by atoms with Gasteiger partial charge in [0.15, 0.2) is 0 Å². The Hall–Kier alpha value is -1.60. The number of rotatable bonds is 3. The second-order valence-corrected chi connectivity index (χ2v) is 8.90. The fraction of sp³-hybridized carbons (Fsp3) is 0.300. The van der Waals surface area contributed by atoms with E-state index < -0.39 is 8.80 Å². The molecule has 0 aromatic heterocycles. The van der Waals surface area contributed by atoms with E-state index in [1.54, 1.807) is 16.3 Å². The van der Waals surface area contributed by atoms with E-state index >= 15 is 0 Å². The molecule has 2 aliphatic carbocycles. The van der Waals surface area contributed by atoms with E-state index in [0.29, 0.717) is 11.1 Å². The molecule has 2 aliphatic rings. The highest BCUT2D eigenvalue weighted by Crippen LogP contribution is 2.45. The summed E-state index contributed by atoms with van der Waals surface area (Å²) in [4.78, 5) is 0. The SMILES string of the molecule is CC1=C(C)C([Si](c2ccccc2)C2C=CC=C2)C(C)=C1C. The lowest BCUT2D eigenvalue weighted by Gasteiger charge is -2.29. The minimum absolute atomic E-state index is 0.603. The van der Waals surface area contributed by atoms with Gasteiger partial charge in [0.1, 0.15) is 8.80 Å². The van der Waals surface area contributed by atoms with Gasteiger partial charge in [-0.15, -0.1) is 0 Å². The normalized spacial score (nSPS) is 19.7. The van der Waals surface area contributed by atoms with Crippen molar-refractivity contribution in [2.45, 2.75) is 38.8 Å². The van der Waals surface area contributed by atoms with Crippen molar-refractivity contribution in [1.29, 1.82) is 0 Å². The molecule has 1 heteroatoms. The molecule has 0 bridgehead atoms. The number of benzene rings is 1. The molecule has 0 saturated carbocycles. The van der Waals surface area contributed by atoms with E-state index in [-0.39, 0.29) is 0 Å². The molecule has 0 aliphatic heterocycles. The number of hydrogen-bond acceptors (Lipinski definition) is 0. The molecule has 0 fully saturated rings. The Bertz CT molecular complexity index is 622. The van der Waals surface area contributed by atoms with Crippen LogP contribution < -0.4 is 5.19 Å². The summed E-state index contributed by atoms with van der Waals surface area (Å²) in [5.41, 5.74) is 7.46. The largest absolute Gasteiger partial charge is 0.109 e. The van der Waals surface area contributed by atoms with Crippen molar-refractivity contribution < 1.29 is 0 Å². The standard InChI is InChI=1S/C20H23Si/c1-14-15(2)17(4)20(16(14)3)21(19-12-8-9-13-19)18-10-6-5-7-11-18/h5-13,19-20H,1-4H3. The van der Waals surface area contributed by atoms with Crippen molar-refractivity contribution in [3.63, 3.8) is 0 Å². The summed E-state index contributed by atoms with van der Waals surface area (Å²) in [5.74, 6) is 0. The van der Waals surface area contributed by atoms with Crippen molar-refractivity contribution >= 4 is 14.0 Å². The second-order valence-electron chi connectivity index (χ2n) is 6.17. The molecule has 0 atom stereocenters. The van der Waals surface area contributed by atoms with Crippen LogP contribution in [0, 0.1) is 0 Å². The molecule has 21 heavy (non-hydrogen) atoms. The van der Waals surface area contributed by atoms with E-state index in [0.717, 1.165) is 0 Å². The Morgan fingerprint density at radius 2 is 1.29 bits per heavy atom. The molecule has 0 N–H and O–H groups in total. The maximum atomic E-state index is 2.39. The number of hydrogen-bond donors (Lipinski definition) is 0. The summed E-state index contributed by atoms with van der Waals surface area (Å²) >= 11 is 0. The van der Waals surface area contributed by atoms with Gasteiger partial charge < -0.3 is 0 Å². The van der Waals surface area contributed by atoms with Crippen LogP contribution >= 0.6 is 0 Å². The quantitative estimate of drug-likeness (QED) is 0.692. The third-order valence-electron chi connectivity index (χ3n) is 5.14. The zero-order valence-corrected chi connectivity index (χ0v) is 14.4. The average molecular weight is 291 g/mol. The predicted octanol–water partition coefficient (Wildman–Crippen LogP) is 4.94. The Morgan fingerprint density at radius 3 is 1.81 bits per heavy atom. The van der Waals surface area contributed by atoms with E-state index in [9.17, 15) is 0 Å². The van der Waals surface area contributed by atoms with Gasteiger partial charge in [-0.25, -0.2) is 0 Å². The zero-order valence-electron chi connectivity index (χ0n) is 13.4. The molecule has 0 saturated heterocycles. The molecule has 0 nitrogen and oxygen atoms in total. The first-order valence-electron chi connectivity index (χ1n) is 7.73. The maximum absolute atomic E-state index is 2.39. The van der Waals surface area contributed by atoms with Gasteiger partial charge in [-0.05, 0) is 44.4 Å². The Morgan fingerprint density at radius 1 is 0.762 bits per heavy atom. The lowest BCUT2D eigenvalue weighted by atomic mass is 10.1. The van der Waals surface area contributed by atoms with E-state index in [4.69, 9.17) is 0 Å². The molecule has 1 radical (unpaired) electrons. The van der Waals surface area contributed by atoms with Crippen molar-refractivity contribution in [2.75, 3.05) is 0 Å². The zero-order chi connectivity index (χ0) is 15.0. The fourth-order valence-electron chi connectivity index (χ4n) is 3.64. The van der Waals surface area contributed by atoms with Crippen LogP contribution in [0.2, 0.25) is 11.1 Å². The first-order valence-corrected chi connectivity index (χ1v) is 9.39. The molecule has 1 aromatic carbocycles. The Balaban J connectivity index is 2.09. The maximum Gasteiger partial charge on any atom is 0.109 e. The van der Waals surface area contributed by atoms with Gasteiger partial charge in [0, 0.05) is 5.54 Å².